The largest absolute Gasteiger partial charge is 0.463 e. The van der Waals surface area contributed by atoms with Crippen molar-refractivity contribution in [1.29, 1.82) is 0 Å². The quantitative estimate of drug-likeness (QED) is 0.911. The fraction of sp³-hybridized carbons (Fsp3) is 0.375. The van der Waals surface area contributed by atoms with Gasteiger partial charge in [0, 0.05) is 11.7 Å². The molecule has 3 heteroatoms. The molecule has 1 aliphatic rings. The molecule has 3 nitrogen and oxygen atoms in total. The van der Waals surface area contributed by atoms with Crippen LogP contribution < -0.4 is 10.2 Å². The summed E-state index contributed by atoms with van der Waals surface area (Å²) in [5, 5.41) is 3.11. The summed E-state index contributed by atoms with van der Waals surface area (Å²) in [5.41, 5.74) is 2.79. The van der Waals surface area contributed by atoms with E-state index < -0.39 is 0 Å². The molecule has 2 aromatic rings. The minimum Gasteiger partial charge on any atom is -0.463 e. The van der Waals surface area contributed by atoms with Crippen molar-refractivity contribution in [2.75, 3.05) is 11.9 Å². The summed E-state index contributed by atoms with van der Waals surface area (Å²) >= 11 is 0. The number of rotatable bonds is 4. The molecular weight excluding hydrogens is 236 g/mol. The molecule has 0 spiro atoms. The maximum Gasteiger partial charge on any atom is 0.123 e. The van der Waals surface area contributed by atoms with E-state index in [0.717, 1.165) is 31.0 Å². The predicted molar refractivity (Wildman–Crippen MR) is 77.3 cm³/mol. The predicted octanol–water partition coefficient (Wildman–Crippen LogP) is 2.95. The van der Waals surface area contributed by atoms with Crippen LogP contribution in [-0.4, -0.2) is 13.1 Å². The molecule has 0 saturated heterocycles. The average Bonchev–Trinajstić information content (AvgIpc) is 2.96. The Morgan fingerprint density at radius 1 is 1.21 bits per heavy atom. The number of nitrogens with zero attached hydrogens (tertiary/aromatic N) is 1. The lowest BCUT2D eigenvalue weighted by Gasteiger charge is -2.23. The topological polar surface area (TPSA) is 28.4 Å². The Morgan fingerprint density at radius 3 is 2.84 bits per heavy atom. The molecule has 0 saturated carbocycles. The van der Waals surface area contributed by atoms with Gasteiger partial charge in [-0.25, -0.2) is 0 Å². The monoisotopic (exact) mass is 256 g/mol. The van der Waals surface area contributed by atoms with Crippen molar-refractivity contribution in [2.45, 2.75) is 32.5 Å². The van der Waals surface area contributed by atoms with E-state index in [-0.39, 0.29) is 0 Å². The van der Waals surface area contributed by atoms with Gasteiger partial charge in [0.25, 0.3) is 0 Å². The Balaban J connectivity index is 1.79. The molecule has 2 heterocycles. The summed E-state index contributed by atoms with van der Waals surface area (Å²) in [6.45, 7) is 3.91. The maximum atomic E-state index is 5.85. The van der Waals surface area contributed by atoms with Crippen molar-refractivity contribution in [3.8, 4) is 0 Å². The summed E-state index contributed by atoms with van der Waals surface area (Å²) < 4.78 is 5.85. The summed E-state index contributed by atoms with van der Waals surface area (Å²) in [7, 11) is 1.93. The van der Waals surface area contributed by atoms with Crippen LogP contribution in [0.3, 0.4) is 0 Å². The molecule has 0 amide bonds. The Kier molecular flexibility index (Phi) is 3.30. The summed E-state index contributed by atoms with van der Waals surface area (Å²) in [6, 6.07) is 13.3. The summed E-state index contributed by atoms with van der Waals surface area (Å²) in [5.74, 6) is 2.03. The van der Waals surface area contributed by atoms with Gasteiger partial charge in [-0.1, -0.05) is 18.2 Å². The third kappa shape index (κ3) is 2.38. The van der Waals surface area contributed by atoms with Crippen molar-refractivity contribution in [1.82, 2.24) is 5.32 Å². The van der Waals surface area contributed by atoms with Gasteiger partial charge in [0.15, 0.2) is 0 Å². The molecule has 1 unspecified atom stereocenters. The fourth-order valence-electron chi connectivity index (χ4n) is 2.81. The number of nitrogens with one attached hydrogen (secondary N) is 1. The van der Waals surface area contributed by atoms with Gasteiger partial charge in [0.1, 0.15) is 11.5 Å². The molecule has 1 N–H and O–H groups in total. The highest BCUT2D eigenvalue weighted by Crippen LogP contribution is 2.33. The van der Waals surface area contributed by atoms with Crippen LogP contribution in [0.4, 0.5) is 5.69 Å². The van der Waals surface area contributed by atoms with Gasteiger partial charge in [0.2, 0.25) is 0 Å². The third-order valence-electron chi connectivity index (χ3n) is 3.74. The van der Waals surface area contributed by atoms with E-state index >= 15 is 0 Å². The number of para-hydroxylation sites is 1. The highest BCUT2D eigenvalue weighted by molar-refractivity contribution is 5.59. The normalized spacial score (nSPS) is 17.8. The van der Waals surface area contributed by atoms with Gasteiger partial charge in [-0.2, -0.15) is 0 Å². The first-order valence-electron chi connectivity index (χ1n) is 6.84. The van der Waals surface area contributed by atoms with Gasteiger partial charge in [0.05, 0.1) is 13.1 Å². The summed E-state index contributed by atoms with van der Waals surface area (Å²) in [4.78, 5) is 2.43. The highest BCUT2D eigenvalue weighted by atomic mass is 16.3. The van der Waals surface area contributed by atoms with Crippen LogP contribution in [-0.2, 0) is 19.5 Å². The fourth-order valence-corrected chi connectivity index (χ4v) is 2.81. The summed E-state index contributed by atoms with van der Waals surface area (Å²) in [6.07, 6.45) is 1.13. The molecule has 0 aliphatic carbocycles. The molecule has 19 heavy (non-hydrogen) atoms. The minimum atomic E-state index is 0.537. The lowest BCUT2D eigenvalue weighted by atomic mass is 10.1. The molecular formula is C16H20N2O. The zero-order valence-electron chi connectivity index (χ0n) is 11.5. The van der Waals surface area contributed by atoms with Crippen LogP contribution in [0.1, 0.15) is 24.0 Å². The van der Waals surface area contributed by atoms with E-state index in [2.05, 4.69) is 53.5 Å². The molecule has 0 fully saturated rings. The zero-order chi connectivity index (χ0) is 13.2. The molecule has 1 aromatic heterocycles. The molecule has 0 bridgehead atoms. The van der Waals surface area contributed by atoms with Crippen LogP contribution in [0.25, 0.3) is 0 Å². The first-order valence-corrected chi connectivity index (χ1v) is 6.84. The number of hydrogen-bond acceptors (Lipinski definition) is 3. The van der Waals surface area contributed by atoms with Crippen molar-refractivity contribution >= 4 is 5.69 Å². The van der Waals surface area contributed by atoms with Crippen molar-refractivity contribution in [3.63, 3.8) is 0 Å². The van der Waals surface area contributed by atoms with E-state index in [1.807, 2.05) is 7.05 Å². The number of furan rings is 1. The number of benzene rings is 1. The number of anilines is 1. The Morgan fingerprint density at radius 2 is 2.00 bits per heavy atom. The second-order valence-electron chi connectivity index (χ2n) is 5.21. The van der Waals surface area contributed by atoms with Gasteiger partial charge in [-0.3, -0.25) is 0 Å². The van der Waals surface area contributed by atoms with Gasteiger partial charge >= 0.3 is 0 Å². The smallest absolute Gasteiger partial charge is 0.123 e. The first-order chi connectivity index (χ1) is 9.28. The van der Waals surface area contributed by atoms with Crippen LogP contribution in [0.5, 0.6) is 0 Å². The van der Waals surface area contributed by atoms with Gasteiger partial charge in [-0.15, -0.1) is 0 Å². The van der Waals surface area contributed by atoms with Crippen LogP contribution in [0.2, 0.25) is 0 Å². The minimum absolute atomic E-state index is 0.537. The average molecular weight is 256 g/mol. The van der Waals surface area contributed by atoms with Crippen molar-refractivity contribution < 1.29 is 4.42 Å². The maximum absolute atomic E-state index is 5.85. The second kappa shape index (κ2) is 5.10. The molecule has 3 rings (SSSR count). The second-order valence-corrected chi connectivity index (χ2v) is 5.21. The van der Waals surface area contributed by atoms with Crippen molar-refractivity contribution in [3.05, 3.63) is 53.5 Å². The molecule has 100 valence electrons. The van der Waals surface area contributed by atoms with Crippen LogP contribution >= 0.6 is 0 Å². The van der Waals surface area contributed by atoms with Crippen LogP contribution in [0.15, 0.2) is 40.8 Å². The van der Waals surface area contributed by atoms with Crippen LogP contribution in [0, 0.1) is 0 Å². The molecule has 0 radical (unpaired) electrons. The van der Waals surface area contributed by atoms with E-state index in [0.29, 0.717) is 6.04 Å². The highest BCUT2D eigenvalue weighted by Gasteiger charge is 2.26. The molecule has 1 atom stereocenters. The van der Waals surface area contributed by atoms with E-state index in [9.17, 15) is 0 Å². The first kappa shape index (κ1) is 12.3. The molecule has 1 aromatic carbocycles. The van der Waals surface area contributed by atoms with E-state index in [1.165, 1.54) is 11.3 Å². The van der Waals surface area contributed by atoms with E-state index in [4.69, 9.17) is 4.42 Å². The number of hydrogen-bond donors (Lipinski definition) is 1. The lowest BCUT2D eigenvalue weighted by Crippen LogP contribution is -2.28. The van der Waals surface area contributed by atoms with Gasteiger partial charge in [-0.05, 0) is 44.2 Å². The SMILES string of the molecule is CNCc1ccc(CN2c3ccccc3CC2C)o1. The number of fused-ring (bicyclic) bond motifs is 1. The standard InChI is InChI=1S/C16H20N2O/c1-12-9-13-5-3-4-6-16(13)18(12)11-15-8-7-14(19-15)10-17-2/h3-8,12,17H,9-11H2,1-2H3. The third-order valence-corrected chi connectivity index (χ3v) is 3.74. The zero-order valence-corrected chi connectivity index (χ0v) is 11.5. The molecule has 1 aliphatic heterocycles. The lowest BCUT2D eigenvalue weighted by molar-refractivity contribution is 0.446. The Hall–Kier alpha value is -1.74. The van der Waals surface area contributed by atoms with Crippen molar-refractivity contribution in [2.24, 2.45) is 0 Å². The van der Waals surface area contributed by atoms with E-state index in [1.54, 1.807) is 0 Å². The van der Waals surface area contributed by atoms with Gasteiger partial charge < -0.3 is 14.6 Å². The Labute approximate surface area is 114 Å². The Bertz CT molecular complexity index is 561.